The van der Waals surface area contributed by atoms with Crippen molar-refractivity contribution in [1.82, 2.24) is 13.7 Å². The second-order valence-electron chi connectivity index (χ2n) is 31.6. The molecule has 0 spiro atoms. The highest BCUT2D eigenvalue weighted by atomic mass is 33.1. The summed E-state index contributed by atoms with van der Waals surface area (Å²) < 4.78 is 129. The summed E-state index contributed by atoms with van der Waals surface area (Å²) in [7, 11) is 2.56. The Morgan fingerprint density at radius 2 is 0.653 bits per heavy atom. The smallest absolute Gasteiger partial charge is 0.337 e. The second-order valence-corrected chi connectivity index (χ2v) is 35.0. The molecule has 0 bridgehead atoms. The second kappa shape index (κ2) is 47.9. The number of ether oxygens (including phenoxy) is 25. The van der Waals surface area contributed by atoms with E-state index in [0.29, 0.717) is 119 Å². The zero-order chi connectivity index (χ0) is 88.1. The molecule has 124 heavy (non-hydrogen) atoms. The highest BCUT2D eigenvalue weighted by Crippen LogP contribution is 2.42. The predicted molar refractivity (Wildman–Crippen MR) is 437 cm³/mol. The van der Waals surface area contributed by atoms with Gasteiger partial charge in [-0.15, -0.1) is 18.3 Å². The Bertz CT molecular complexity index is 4140. The summed E-state index contributed by atoms with van der Waals surface area (Å²) >= 11 is 1.18. The van der Waals surface area contributed by atoms with Crippen LogP contribution < -0.4 is 36.0 Å². The molecule has 12 atom stereocenters. The van der Waals surface area contributed by atoms with Crippen molar-refractivity contribution >= 4 is 91.9 Å². The molecule has 39 nitrogen and oxygen atoms in total. The molecular formula is C82H107N3O36S3. The van der Waals surface area contributed by atoms with Crippen molar-refractivity contribution in [3.05, 3.63) is 104 Å². The molecule has 0 amide bonds. The van der Waals surface area contributed by atoms with Crippen LogP contribution in [0.4, 0.5) is 0 Å². The van der Waals surface area contributed by atoms with Gasteiger partial charge in [0.05, 0.1) is 97.3 Å². The normalized spacial score (nSPS) is 23.2. The fourth-order valence-corrected chi connectivity index (χ4v) is 12.3. The zero-order valence-electron chi connectivity index (χ0n) is 69.9. The lowest BCUT2D eigenvalue weighted by molar-refractivity contribution is -0.156. The number of aromatic nitrogens is 3. The number of carbonyl (C=O) groups is 8. The Labute approximate surface area is 725 Å². The topological polar surface area (TPSA) is 473 Å². The molecule has 16 rings (SSSR count). The van der Waals surface area contributed by atoms with Crippen LogP contribution in [0.1, 0.15) is 52.7 Å². The highest BCUT2D eigenvalue weighted by Gasteiger charge is 2.35. The lowest BCUT2D eigenvalue weighted by Crippen LogP contribution is -2.55. The molecule has 12 aliphatic heterocycles. The Kier molecular flexibility index (Phi) is 37.2. The Balaban J connectivity index is 0.000000146. The van der Waals surface area contributed by atoms with E-state index in [4.69, 9.17) is 118 Å². The molecule has 3 aromatic carbocycles. The van der Waals surface area contributed by atoms with Crippen LogP contribution >= 0.6 is 33.3 Å². The summed E-state index contributed by atoms with van der Waals surface area (Å²) in [5, 5.41) is 2.22. The van der Waals surface area contributed by atoms with Crippen LogP contribution in [0.3, 0.4) is 0 Å². The van der Waals surface area contributed by atoms with Gasteiger partial charge in [0, 0.05) is 16.5 Å². The largest absolute Gasteiger partial charge is 0.491 e. The summed E-state index contributed by atoms with van der Waals surface area (Å²) in [4.78, 5) is 128. The number of nitrogens with zero attached hydrogens (tertiary/aromatic N) is 3. The molecule has 1 aromatic heterocycles. The van der Waals surface area contributed by atoms with Crippen molar-refractivity contribution in [2.24, 2.45) is 0 Å². The number of carbonyl (C=O) groups excluding carboxylic acids is 8. The van der Waals surface area contributed by atoms with Crippen LogP contribution in [0.25, 0.3) is 10.8 Å². The maximum Gasteiger partial charge on any atom is 0.337 e. The third-order valence-corrected chi connectivity index (χ3v) is 21.0. The van der Waals surface area contributed by atoms with Crippen LogP contribution in [-0.4, -0.2) is 329 Å². The van der Waals surface area contributed by atoms with Gasteiger partial charge in [-0.2, -0.15) is 0 Å². The van der Waals surface area contributed by atoms with E-state index >= 15 is 0 Å². The van der Waals surface area contributed by atoms with Gasteiger partial charge in [-0.05, 0) is 52.6 Å². The van der Waals surface area contributed by atoms with E-state index in [1.807, 2.05) is 30.3 Å². The highest BCUT2D eigenvalue weighted by molar-refractivity contribution is 8.77. The molecule has 0 saturated carbocycles. The standard InChI is InChI=1S/C20H30O4.C16H19N3O9.C16H16O4.C10H14O7.C10H14O6S2.C10H14O6S/c1-19(2,3)15-7-18(24-12-14-10-22-14)16(20(4,5)6)8-17(15)23-11-13-9-21-13;1-2-3-17-14(22)18(4-12(20)27-8-10-6-25-10)16(24)19(15(17)23)5-13(21)28-9-11-7-26-11;1-2-11-6-12(17-7-13-8-18-13)4-5-15(11)16(3-1)20-10-14-9-19-14;11-9(16-3-7-1-14-7)5-13-6-10(12)17-4-8-2-15-8;11-9(15-3-7-1-13-7)5-17-18-6-10(12)16-4-8-2-14-8;11-9(15-3-7-1-13-7)5-17-6-10(12)16-4-8-2-14-8/h7-8,13-14H,9-12H2,1-6H3;2,10-11H,1,3-9H2;1-6,13-14H,7-10H2;7-8H,1-6H2;7-8H,1-6H2;7-8H,1-6H2. The van der Waals surface area contributed by atoms with Crippen molar-refractivity contribution in [3.8, 4) is 23.0 Å². The van der Waals surface area contributed by atoms with Gasteiger partial charge in [-0.25, -0.2) is 37.7 Å². The number of fused-ring (bicyclic) bond motifs is 1. The van der Waals surface area contributed by atoms with Crippen molar-refractivity contribution in [1.29, 1.82) is 0 Å². The molecule has 0 aliphatic carbocycles. The maximum atomic E-state index is 12.6. The van der Waals surface area contributed by atoms with Gasteiger partial charge >= 0.3 is 64.8 Å². The van der Waals surface area contributed by atoms with Crippen molar-refractivity contribution in [3.63, 3.8) is 0 Å². The van der Waals surface area contributed by atoms with Gasteiger partial charge in [0.25, 0.3) is 0 Å². The number of epoxide rings is 12. The molecule has 13 heterocycles. The van der Waals surface area contributed by atoms with Crippen molar-refractivity contribution in [2.45, 2.75) is 145 Å². The molecule has 12 saturated heterocycles. The van der Waals surface area contributed by atoms with Crippen LogP contribution in [0.2, 0.25) is 0 Å². The molecule has 12 unspecified atom stereocenters. The molecular weight excluding hydrogens is 1700 g/mol. The predicted octanol–water partition coefficient (Wildman–Crippen LogP) is 2.22. The minimum atomic E-state index is -1.12. The SMILES string of the molecule is C=CCn1c(=O)n(CC(=O)OCC2CO2)c(=O)n(CC(=O)OCC2CO2)c1=O.CC(C)(C)c1cc(OCC2CO2)c(C(C)(C)C)cc1OCC1CO1.O=C(COCC(=O)OCC1CO1)OCC1CO1.O=C(CSCC(=O)OCC1CO1)OCC1CO1.O=C(CSSCC(=O)OCC1CO1)OCC1CO1.c1cc(OCC2CO2)c2ccc(OCC3CO3)cc2c1. The van der Waals surface area contributed by atoms with Gasteiger partial charge < -0.3 is 118 Å². The molecule has 4 aromatic rings. The first-order valence-corrected chi connectivity index (χ1v) is 44.1. The molecule has 684 valence electrons. The number of rotatable bonds is 47. The van der Waals surface area contributed by atoms with Gasteiger partial charge in [-0.1, -0.05) is 81.3 Å². The van der Waals surface area contributed by atoms with E-state index < -0.39 is 54.0 Å². The Morgan fingerprint density at radius 1 is 0.363 bits per heavy atom. The van der Waals surface area contributed by atoms with Gasteiger partial charge in [0.15, 0.2) is 0 Å². The summed E-state index contributed by atoms with van der Waals surface area (Å²) in [5.74, 6) is 0.436. The molecule has 0 N–H and O–H groups in total. The fraction of sp³-hybridized carbons (Fsp3) is 0.646. The van der Waals surface area contributed by atoms with E-state index in [2.05, 4.69) is 66.3 Å². The number of hydrogen-bond donors (Lipinski definition) is 0. The maximum absolute atomic E-state index is 12.6. The van der Waals surface area contributed by atoms with Gasteiger partial charge in [-0.3, -0.25) is 28.8 Å². The number of esters is 8. The fourth-order valence-electron chi connectivity index (χ4n) is 10.1. The van der Waals surface area contributed by atoms with E-state index in [-0.39, 0.29) is 177 Å². The summed E-state index contributed by atoms with van der Waals surface area (Å²) in [6.45, 7) is 26.8. The quantitative estimate of drug-likeness (QED) is 0.0153. The first-order chi connectivity index (χ1) is 59.6. The number of allylic oxidation sites excluding steroid dienone is 1. The molecule has 12 fully saturated rings. The lowest BCUT2D eigenvalue weighted by Gasteiger charge is -2.29. The molecule has 42 heteroatoms. The minimum absolute atomic E-state index is 0.00361. The van der Waals surface area contributed by atoms with Crippen LogP contribution in [-0.2, 0) is 168 Å². The summed E-state index contributed by atoms with van der Waals surface area (Å²) in [5.41, 5.74) is -0.842. The third kappa shape index (κ3) is 38.8. The van der Waals surface area contributed by atoms with Crippen molar-refractivity contribution in [2.75, 3.05) is 195 Å². The summed E-state index contributed by atoms with van der Waals surface area (Å²) in [6.07, 6.45) is 2.34. The van der Waals surface area contributed by atoms with Gasteiger partial charge in [0.2, 0.25) is 0 Å². The molecule has 12 aliphatic rings. The van der Waals surface area contributed by atoms with Crippen LogP contribution in [0, 0.1) is 0 Å². The average Bonchev–Trinajstić information content (AvgIpc) is 1.74. The monoisotopic (exact) mass is 1810 g/mol. The average molecular weight is 1810 g/mol. The molecule has 0 radical (unpaired) electrons. The Hall–Kier alpha value is -8.44. The minimum Gasteiger partial charge on any atom is -0.491 e. The van der Waals surface area contributed by atoms with Crippen molar-refractivity contribution < 1.29 is 157 Å². The van der Waals surface area contributed by atoms with Crippen LogP contribution in [0.15, 0.2) is 75.6 Å². The van der Waals surface area contributed by atoms with E-state index in [1.165, 1.54) is 50.6 Å². The third-order valence-electron chi connectivity index (χ3n) is 18.1. The van der Waals surface area contributed by atoms with Crippen LogP contribution in [0.5, 0.6) is 23.0 Å². The van der Waals surface area contributed by atoms with E-state index in [1.54, 1.807) is 0 Å². The number of thioether (sulfide) groups is 1. The number of hydrogen-bond acceptors (Lipinski definition) is 39. The zero-order valence-corrected chi connectivity index (χ0v) is 72.4. The summed E-state index contributed by atoms with van der Waals surface area (Å²) in [6, 6.07) is 16.4. The first-order valence-electron chi connectivity index (χ1n) is 40.5. The lowest BCUT2D eigenvalue weighted by atomic mass is 9.81. The van der Waals surface area contributed by atoms with E-state index in [9.17, 15) is 52.7 Å². The Morgan fingerprint density at radius 3 is 0.976 bits per heavy atom. The van der Waals surface area contributed by atoms with E-state index in [0.717, 1.165) is 60.2 Å². The van der Waals surface area contributed by atoms with Gasteiger partial charge in [0.1, 0.15) is 213 Å². The first kappa shape index (κ1) is 96.2. The number of benzene rings is 3.